The molecule has 0 saturated carbocycles. The van der Waals surface area contributed by atoms with Gasteiger partial charge in [-0.2, -0.15) is 0 Å². The number of aromatic amines is 1. The van der Waals surface area contributed by atoms with Crippen molar-refractivity contribution in [2.75, 3.05) is 0 Å². The molecule has 2 rings (SSSR count). The smallest absolute Gasteiger partial charge is 0.273 e. The highest BCUT2D eigenvalue weighted by atomic mass is 35.5. The van der Waals surface area contributed by atoms with Crippen LogP contribution in [0.5, 0.6) is 0 Å². The highest BCUT2D eigenvalue weighted by Gasteiger charge is 2.05. The molecule has 0 aliphatic carbocycles. The monoisotopic (exact) mass is 177 g/mol. The number of hydrogen-bond acceptors (Lipinski definition) is 1. The van der Waals surface area contributed by atoms with Crippen LogP contribution in [0.3, 0.4) is 0 Å². The van der Waals surface area contributed by atoms with Gasteiger partial charge in [0, 0.05) is 11.2 Å². The average molecular weight is 178 g/mol. The largest absolute Gasteiger partial charge is 0.361 e. The lowest BCUT2D eigenvalue weighted by Crippen LogP contribution is -1.76. The molecule has 0 radical (unpaired) electrons. The second-order valence-corrected chi connectivity index (χ2v) is 2.72. The van der Waals surface area contributed by atoms with Crippen LogP contribution in [0.2, 0.25) is 5.02 Å². The Bertz CT molecular complexity index is 467. The molecule has 0 bridgehead atoms. The minimum atomic E-state index is 0.315. The summed E-state index contributed by atoms with van der Waals surface area (Å²) in [6.07, 6.45) is 1.75. The van der Waals surface area contributed by atoms with E-state index < -0.39 is 0 Å². The average Bonchev–Trinajstić information content (AvgIpc) is 2.52. The predicted octanol–water partition coefficient (Wildman–Crippen LogP) is 2.77. The van der Waals surface area contributed by atoms with Crippen LogP contribution in [0.15, 0.2) is 18.3 Å². The first-order valence-corrected chi connectivity index (χ1v) is 3.70. The van der Waals surface area contributed by atoms with E-state index in [2.05, 4.69) is 14.8 Å². The van der Waals surface area contributed by atoms with Crippen LogP contribution in [-0.2, 0) is 0 Å². The lowest BCUT2D eigenvalue weighted by molar-refractivity contribution is 1.34. The van der Waals surface area contributed by atoms with Gasteiger partial charge in [-0.25, -0.2) is 0 Å². The van der Waals surface area contributed by atoms with Gasteiger partial charge in [0.2, 0.25) is 5.65 Å². The number of nitrogens with one attached hydrogen (secondary N) is 1. The molecule has 0 spiro atoms. The molecular weight excluding hydrogens is 174 g/mol. The molecule has 2 aromatic rings. The van der Waals surface area contributed by atoms with Gasteiger partial charge in [-0.05, 0) is 12.1 Å². The molecular formula is C8H4ClN3. The Hall–Kier alpha value is -1.53. The predicted molar refractivity (Wildman–Crippen MR) is 47.4 cm³/mol. The Morgan fingerprint density at radius 1 is 1.58 bits per heavy atom. The van der Waals surface area contributed by atoms with Gasteiger partial charge in [-0.1, -0.05) is 18.2 Å². The molecule has 2 aromatic heterocycles. The first-order valence-electron chi connectivity index (χ1n) is 3.32. The molecule has 0 unspecified atom stereocenters. The fourth-order valence-corrected chi connectivity index (χ4v) is 1.29. The number of nitrogens with zero attached hydrogens (tertiary/aromatic N) is 2. The molecule has 1 N–H and O–H groups in total. The van der Waals surface area contributed by atoms with Crippen molar-refractivity contribution in [1.82, 2.24) is 9.97 Å². The number of H-pyrrole nitrogens is 1. The minimum absolute atomic E-state index is 0.315. The molecule has 0 aliphatic heterocycles. The van der Waals surface area contributed by atoms with Gasteiger partial charge >= 0.3 is 0 Å². The van der Waals surface area contributed by atoms with Crippen LogP contribution >= 0.6 is 11.6 Å². The summed E-state index contributed by atoms with van der Waals surface area (Å²) in [4.78, 5) is 10.1. The summed E-state index contributed by atoms with van der Waals surface area (Å²) in [5.41, 5.74) is 0.661. The van der Waals surface area contributed by atoms with Crippen LogP contribution in [0.4, 0.5) is 5.82 Å². The van der Waals surface area contributed by atoms with Crippen LogP contribution in [-0.4, -0.2) is 9.97 Å². The summed E-state index contributed by atoms with van der Waals surface area (Å²) in [5, 5.41) is 1.41. The Labute approximate surface area is 73.8 Å². The minimum Gasteiger partial charge on any atom is -0.361 e. The van der Waals surface area contributed by atoms with Crippen molar-refractivity contribution in [1.29, 1.82) is 0 Å². The zero-order valence-corrected chi connectivity index (χ0v) is 6.76. The maximum Gasteiger partial charge on any atom is 0.273 e. The maximum atomic E-state index is 6.76. The van der Waals surface area contributed by atoms with Gasteiger partial charge in [0.1, 0.15) is 0 Å². The third-order valence-corrected chi connectivity index (χ3v) is 1.89. The fraction of sp³-hybridized carbons (Fsp3) is 0. The van der Waals surface area contributed by atoms with Crippen molar-refractivity contribution in [2.24, 2.45) is 0 Å². The Balaban J connectivity index is 2.86. The Morgan fingerprint density at radius 3 is 3.17 bits per heavy atom. The Kier molecular flexibility index (Phi) is 1.49. The molecule has 0 atom stereocenters. The van der Waals surface area contributed by atoms with Gasteiger partial charge < -0.3 is 9.83 Å². The molecule has 4 heteroatoms. The first kappa shape index (κ1) is 7.14. The van der Waals surface area contributed by atoms with E-state index in [1.165, 1.54) is 0 Å². The van der Waals surface area contributed by atoms with Crippen molar-refractivity contribution >= 4 is 28.5 Å². The first-order chi connectivity index (χ1) is 5.81. The van der Waals surface area contributed by atoms with Gasteiger partial charge in [-0.3, -0.25) is 0 Å². The summed E-state index contributed by atoms with van der Waals surface area (Å²) in [5.74, 6) is 0.315. The van der Waals surface area contributed by atoms with Crippen LogP contribution in [0, 0.1) is 6.57 Å². The third-order valence-electron chi connectivity index (χ3n) is 1.58. The van der Waals surface area contributed by atoms with Crippen molar-refractivity contribution in [3.63, 3.8) is 0 Å². The lowest BCUT2D eigenvalue weighted by atomic mass is 10.3. The van der Waals surface area contributed by atoms with Crippen LogP contribution in [0.1, 0.15) is 0 Å². The van der Waals surface area contributed by atoms with Gasteiger partial charge in [0.05, 0.1) is 5.39 Å². The Morgan fingerprint density at radius 2 is 2.42 bits per heavy atom. The van der Waals surface area contributed by atoms with E-state index >= 15 is 0 Å². The van der Waals surface area contributed by atoms with Crippen molar-refractivity contribution < 1.29 is 0 Å². The number of fused-ring (bicyclic) bond motifs is 1. The highest BCUT2D eigenvalue weighted by molar-refractivity contribution is 6.35. The van der Waals surface area contributed by atoms with E-state index in [9.17, 15) is 0 Å². The lowest BCUT2D eigenvalue weighted by Gasteiger charge is -1.91. The van der Waals surface area contributed by atoms with E-state index in [0.717, 1.165) is 5.39 Å². The molecule has 58 valence electrons. The molecule has 3 nitrogen and oxygen atoms in total. The van der Waals surface area contributed by atoms with Crippen molar-refractivity contribution in [3.05, 3.63) is 34.8 Å². The molecule has 0 aliphatic rings. The third kappa shape index (κ3) is 0.936. The maximum absolute atomic E-state index is 6.76. The summed E-state index contributed by atoms with van der Waals surface area (Å²) >= 11 is 5.88. The second-order valence-electron chi connectivity index (χ2n) is 2.31. The second kappa shape index (κ2) is 2.50. The highest BCUT2D eigenvalue weighted by Crippen LogP contribution is 2.25. The quantitative estimate of drug-likeness (QED) is 0.617. The molecule has 0 fully saturated rings. The van der Waals surface area contributed by atoms with Crippen molar-refractivity contribution in [3.8, 4) is 0 Å². The van der Waals surface area contributed by atoms with Crippen LogP contribution in [0.25, 0.3) is 15.9 Å². The molecule has 0 amide bonds. The molecule has 0 aromatic carbocycles. The summed E-state index contributed by atoms with van der Waals surface area (Å²) < 4.78 is 0. The van der Waals surface area contributed by atoms with Gasteiger partial charge in [0.25, 0.3) is 5.82 Å². The zero-order valence-electron chi connectivity index (χ0n) is 6.00. The van der Waals surface area contributed by atoms with Gasteiger partial charge in [-0.15, -0.1) is 4.98 Å². The zero-order chi connectivity index (χ0) is 8.55. The number of pyridine rings is 1. The molecule has 12 heavy (non-hydrogen) atoms. The number of halogens is 1. The summed E-state index contributed by atoms with van der Waals surface area (Å²) in [6, 6.07) is 3.39. The summed E-state index contributed by atoms with van der Waals surface area (Å²) in [6.45, 7) is 6.76. The SMILES string of the molecule is [C-]#[N+]c1cc(Cl)c2cc[nH]c2n1. The van der Waals surface area contributed by atoms with E-state index in [-0.39, 0.29) is 0 Å². The number of aromatic nitrogens is 2. The molecule has 2 heterocycles. The summed E-state index contributed by atoms with van der Waals surface area (Å²) in [7, 11) is 0. The van der Waals surface area contributed by atoms with E-state index in [1.54, 1.807) is 12.3 Å². The standard InChI is InChI=1S/C8H4ClN3/c1-10-7-4-6(9)5-2-3-11-8(5)12-7/h2-4H,(H,11,12). The normalized spacial score (nSPS) is 10.0. The van der Waals surface area contributed by atoms with Gasteiger partial charge in [0.15, 0.2) is 0 Å². The number of rotatable bonds is 0. The van der Waals surface area contributed by atoms with Crippen molar-refractivity contribution in [2.45, 2.75) is 0 Å². The molecule has 0 saturated heterocycles. The van der Waals surface area contributed by atoms with E-state index in [1.807, 2.05) is 6.07 Å². The fourth-order valence-electron chi connectivity index (χ4n) is 1.04. The number of hydrogen-bond donors (Lipinski definition) is 1. The van der Waals surface area contributed by atoms with E-state index in [0.29, 0.717) is 16.5 Å². The van der Waals surface area contributed by atoms with E-state index in [4.69, 9.17) is 18.2 Å². The topological polar surface area (TPSA) is 33.0 Å². The van der Waals surface area contributed by atoms with Crippen LogP contribution < -0.4 is 0 Å².